The Morgan fingerprint density at radius 3 is 1.16 bits per heavy atom. The van der Waals surface area contributed by atoms with Crippen molar-refractivity contribution in [3.05, 3.63) is 0 Å². The maximum atomic E-state index is 11.8. The average molecular weight is 1220 g/mol. The maximum Gasteiger partial charge on any atom is 0.342 e. The van der Waals surface area contributed by atoms with E-state index in [0.29, 0.717) is 19.3 Å². The normalized spacial score (nSPS) is 32.3. The molecule has 0 aromatic carbocycles. The third kappa shape index (κ3) is 24.2. The molecule has 0 aliphatic carbocycles. The molecular formula is C28H57N3O19P4Y4. The quantitative estimate of drug-likeness (QED) is 0.158. The Balaban J connectivity index is -0.000000366. The van der Waals surface area contributed by atoms with Crippen molar-refractivity contribution >= 4 is 49.9 Å². The first-order valence-electron chi connectivity index (χ1n) is 16.5. The van der Waals surface area contributed by atoms with Crippen LogP contribution in [0.3, 0.4) is 0 Å². The van der Waals surface area contributed by atoms with E-state index in [1.54, 1.807) is 13.3 Å². The van der Waals surface area contributed by atoms with Gasteiger partial charge in [0, 0.05) is 187 Å². The Kier molecular flexibility index (Phi) is 42.6. The Morgan fingerprint density at radius 1 is 0.552 bits per heavy atom. The minimum Gasteiger partial charge on any atom is -0.479 e. The van der Waals surface area contributed by atoms with Gasteiger partial charge in [0.2, 0.25) is 16.1 Å². The summed E-state index contributed by atoms with van der Waals surface area (Å²) in [5.41, 5.74) is 5.78. The first-order chi connectivity index (χ1) is 25.4. The fraction of sp³-hybridized carbons (Fsp3) is 0.893. The van der Waals surface area contributed by atoms with Gasteiger partial charge in [0.05, 0.1) is 36.4 Å². The van der Waals surface area contributed by atoms with E-state index < -0.39 is 105 Å². The van der Waals surface area contributed by atoms with Crippen LogP contribution in [0.1, 0.15) is 19.3 Å². The number of ether oxygens (including phenoxy) is 9. The van der Waals surface area contributed by atoms with Crippen LogP contribution in [0.4, 0.5) is 0 Å². The van der Waals surface area contributed by atoms with Gasteiger partial charge in [-0.3, -0.25) is 19.3 Å². The Labute approximate surface area is 442 Å². The first kappa shape index (κ1) is 67.9. The van der Waals surface area contributed by atoms with E-state index in [2.05, 4.69) is 14.7 Å². The molecule has 30 heteroatoms. The van der Waals surface area contributed by atoms with Crippen molar-refractivity contribution in [2.24, 2.45) is 5.73 Å². The summed E-state index contributed by atoms with van der Waals surface area (Å²) in [6, 6.07) is -1.08. The van der Waals surface area contributed by atoms with Gasteiger partial charge < -0.3 is 71.6 Å². The van der Waals surface area contributed by atoms with E-state index in [-0.39, 0.29) is 149 Å². The van der Waals surface area contributed by atoms with Gasteiger partial charge in [-0.1, -0.05) is 0 Å². The molecule has 16 unspecified atom stereocenters. The Hall–Kier alpha value is 3.27. The van der Waals surface area contributed by atoms with Crippen LogP contribution in [0.5, 0.6) is 0 Å². The topological polar surface area (TPSA) is 291 Å². The van der Waals surface area contributed by atoms with Crippen LogP contribution in [0.25, 0.3) is 0 Å². The van der Waals surface area contributed by atoms with Gasteiger partial charge in [-0.2, -0.15) is 0 Å². The molecule has 0 saturated carbocycles. The minimum atomic E-state index is -2.41. The van der Waals surface area contributed by atoms with E-state index >= 15 is 0 Å². The molecule has 330 valence electrons. The zero-order chi connectivity index (χ0) is 41.3. The second-order valence-electron chi connectivity index (χ2n) is 12.0. The van der Waals surface area contributed by atoms with Crippen molar-refractivity contribution in [3.8, 4) is 0 Å². The van der Waals surface area contributed by atoms with E-state index in [4.69, 9.17) is 58.0 Å². The summed E-state index contributed by atoms with van der Waals surface area (Å²) >= 11 is 0. The molecule has 0 aromatic rings. The van der Waals surface area contributed by atoms with Crippen LogP contribution < -0.4 is 15.9 Å². The van der Waals surface area contributed by atoms with E-state index in [0.717, 1.165) is 0 Å². The molecule has 3 saturated heterocycles. The van der Waals surface area contributed by atoms with Crippen LogP contribution in [0, 0.1) is 0 Å². The van der Waals surface area contributed by atoms with Gasteiger partial charge in [-0.15, -0.1) is 0 Å². The molecule has 3 aliphatic heterocycles. The molecule has 3 fully saturated rings. The standard InChI is InChI=1S/C10H21NO7P2.2C9H18NO6P.4Y/c1-15-7-5-6(11-19(3)13)10(16-2)17-8(7)9(12)18-20(4)14;1-13-6-4-5(10)9(14-2)15-7(6)8(11)16-17(3)12;1-14-6-4-5(10-17(3)13)9(15-2)16-7(6)8(11)12;;;;/h6-8,10,19-20H,5H2,1-4H3,(H,11,13);5-7,9,17H,4,10H2,1-3H3;5-7,9,17H,4H2,1-3H3,(H,10,13)(H,11,12);;;;. The monoisotopic (exact) mass is 1220 g/mol. The summed E-state index contributed by atoms with van der Waals surface area (Å²) in [6.07, 6.45) is -5.80. The maximum absolute atomic E-state index is 11.8. The third-order valence-electron chi connectivity index (χ3n) is 7.92. The van der Waals surface area contributed by atoms with Gasteiger partial charge in [0.25, 0.3) is 0 Å². The molecular weight excluding hydrogens is 1160 g/mol. The zero-order valence-electron chi connectivity index (χ0n) is 34.2. The van der Waals surface area contributed by atoms with Crippen molar-refractivity contribution in [1.82, 2.24) is 10.2 Å². The second-order valence-corrected chi connectivity index (χ2v) is 17.1. The van der Waals surface area contributed by atoms with Crippen molar-refractivity contribution in [3.63, 3.8) is 0 Å². The number of aliphatic carboxylic acids is 1. The fourth-order valence-corrected chi connectivity index (χ4v) is 7.95. The van der Waals surface area contributed by atoms with Gasteiger partial charge in [-0.25, -0.2) is 14.4 Å². The Bertz CT molecular complexity index is 1310. The molecule has 4 radical (unpaired) electrons. The Morgan fingerprint density at radius 2 is 0.862 bits per heavy atom. The molecule has 5 N–H and O–H groups in total. The predicted octanol–water partition coefficient (Wildman–Crippen LogP) is 0.111. The first-order valence-corrected chi connectivity index (χ1v) is 23.9. The van der Waals surface area contributed by atoms with Crippen molar-refractivity contribution < 1.29 is 220 Å². The smallest absolute Gasteiger partial charge is 0.342 e. The molecule has 16 atom stereocenters. The number of hydrogen-bond donors (Lipinski definition) is 4. The molecule has 3 aliphatic rings. The summed E-state index contributed by atoms with van der Waals surface area (Å²) in [5.74, 6) is -2.55. The summed E-state index contributed by atoms with van der Waals surface area (Å²) in [5, 5.41) is 14.7. The van der Waals surface area contributed by atoms with Crippen LogP contribution in [0.15, 0.2) is 0 Å². The van der Waals surface area contributed by atoms with Gasteiger partial charge >= 0.3 is 17.9 Å². The number of carbonyl (C=O) groups is 3. The number of hydrogen-bond acceptors (Lipinski definition) is 19. The van der Waals surface area contributed by atoms with Gasteiger partial charge in [-0.05, 0) is 32.6 Å². The number of nitrogens with one attached hydrogen (secondary N) is 2. The molecule has 0 amide bonds. The van der Waals surface area contributed by atoms with Gasteiger partial charge in [0.1, 0.15) is 15.9 Å². The molecule has 58 heavy (non-hydrogen) atoms. The zero-order valence-corrected chi connectivity index (χ0v) is 49.6. The third-order valence-corrected chi connectivity index (χ3v) is 10.4. The van der Waals surface area contributed by atoms with Crippen molar-refractivity contribution in [2.45, 2.75) is 92.9 Å². The van der Waals surface area contributed by atoms with Crippen LogP contribution in [-0.4, -0.2) is 166 Å². The number of nitrogens with two attached hydrogens (primary N) is 1. The number of carboxylic acids is 1. The molecule has 0 aromatic heterocycles. The summed E-state index contributed by atoms with van der Waals surface area (Å²) in [4.78, 5) is 34.5. The minimum absolute atomic E-state index is 0. The van der Waals surface area contributed by atoms with Gasteiger partial charge in [0.15, 0.2) is 37.2 Å². The summed E-state index contributed by atoms with van der Waals surface area (Å²) in [6.45, 7) is 5.76. The fourth-order valence-electron chi connectivity index (χ4n) is 5.60. The van der Waals surface area contributed by atoms with Crippen LogP contribution in [-0.2, 0) is 215 Å². The summed E-state index contributed by atoms with van der Waals surface area (Å²) in [7, 11) is -0.0408. The van der Waals surface area contributed by atoms with Crippen LogP contribution in [0.2, 0.25) is 0 Å². The van der Waals surface area contributed by atoms with E-state index in [1.807, 2.05) is 0 Å². The number of rotatable bonds is 15. The average Bonchev–Trinajstić information content (AvgIpc) is 3.10. The number of methoxy groups -OCH3 is 6. The van der Waals surface area contributed by atoms with E-state index in [1.165, 1.54) is 56.0 Å². The van der Waals surface area contributed by atoms with Crippen molar-refractivity contribution in [2.75, 3.05) is 69.3 Å². The largest absolute Gasteiger partial charge is 0.479 e. The predicted molar refractivity (Wildman–Crippen MR) is 195 cm³/mol. The van der Waals surface area contributed by atoms with Crippen molar-refractivity contribution in [1.29, 1.82) is 0 Å². The second kappa shape index (κ2) is 36.4. The number of carbonyl (C=O) groups excluding carboxylic acids is 2. The number of carboxylic acid groups (broad SMARTS) is 1. The van der Waals surface area contributed by atoms with Crippen LogP contribution >= 0.6 is 32.0 Å². The summed E-state index contributed by atoms with van der Waals surface area (Å²) < 4.78 is 100. The molecule has 3 rings (SSSR count). The SMILES string of the molecule is COC1CC(N)C(OC)OC1C(=O)O[PH](C)=O.COC1CC(N[PH](C)=O)C(OC)OC1C(=O)O.COC1CC(N[PH](C)=O)C(OC)OC1C(=O)O[PH](C)=O.[Y].[Y].[Y].[Y]. The van der Waals surface area contributed by atoms with E-state index in [9.17, 15) is 32.6 Å². The molecule has 0 spiro atoms. The molecule has 22 nitrogen and oxygen atoms in total. The molecule has 0 bridgehead atoms. The molecule has 3 heterocycles.